The van der Waals surface area contributed by atoms with Crippen LogP contribution in [-0.4, -0.2) is 26.6 Å². The van der Waals surface area contributed by atoms with Crippen molar-refractivity contribution in [2.24, 2.45) is 10.7 Å². The maximum Gasteiger partial charge on any atom is 0.282 e. The number of hydrogen-bond acceptors (Lipinski definition) is 6. The Bertz CT molecular complexity index is 798. The van der Waals surface area contributed by atoms with E-state index < -0.39 is 5.91 Å². The van der Waals surface area contributed by atoms with Crippen LogP contribution < -0.4 is 10.7 Å². The van der Waals surface area contributed by atoms with Crippen LogP contribution in [0.15, 0.2) is 48.0 Å². The number of amidine groups is 1. The lowest BCUT2D eigenvalue weighted by Gasteiger charge is -2.09. The zero-order chi connectivity index (χ0) is 14.8. The third kappa shape index (κ3) is 2.12. The number of nitrogens with two attached hydrogens (primary N) is 1. The fourth-order valence-corrected chi connectivity index (χ4v) is 1.97. The lowest BCUT2D eigenvalue weighted by Crippen LogP contribution is -2.35. The van der Waals surface area contributed by atoms with E-state index in [0.29, 0.717) is 11.5 Å². The van der Waals surface area contributed by atoms with Gasteiger partial charge in [-0.3, -0.25) is 4.79 Å². The first-order chi connectivity index (χ1) is 10.2. The molecule has 0 radical (unpaired) electrons. The predicted molar refractivity (Wildman–Crippen MR) is 74.0 cm³/mol. The molecule has 102 valence electrons. The molecule has 0 saturated heterocycles. The van der Waals surface area contributed by atoms with Gasteiger partial charge in [-0.15, -0.1) is 14.9 Å². The summed E-state index contributed by atoms with van der Waals surface area (Å²) in [5, 5.41) is 13.6. The molecule has 3 rings (SSSR count). The van der Waals surface area contributed by atoms with E-state index in [1.165, 1.54) is 18.7 Å². The van der Waals surface area contributed by atoms with Crippen LogP contribution in [0.2, 0.25) is 0 Å². The number of nitriles is 1. The largest absolute Gasteiger partial charge is 0.383 e. The molecule has 1 amide bonds. The van der Waals surface area contributed by atoms with E-state index in [-0.39, 0.29) is 0 Å². The molecule has 0 bridgehead atoms. The van der Waals surface area contributed by atoms with Gasteiger partial charge in [0.1, 0.15) is 18.5 Å². The van der Waals surface area contributed by atoms with Gasteiger partial charge < -0.3 is 5.73 Å². The van der Waals surface area contributed by atoms with Gasteiger partial charge in [0.15, 0.2) is 0 Å². The minimum atomic E-state index is -0.591. The highest BCUT2D eigenvalue weighted by molar-refractivity contribution is 6.13. The first-order valence-electron chi connectivity index (χ1n) is 5.95. The summed E-state index contributed by atoms with van der Waals surface area (Å²) in [4.78, 5) is 21.0. The van der Waals surface area contributed by atoms with E-state index in [1.54, 1.807) is 6.19 Å². The van der Waals surface area contributed by atoms with Crippen molar-refractivity contribution in [1.82, 2.24) is 14.9 Å². The molecule has 1 aromatic carbocycles. The van der Waals surface area contributed by atoms with Crippen molar-refractivity contribution < 1.29 is 4.79 Å². The zero-order valence-corrected chi connectivity index (χ0v) is 10.7. The van der Waals surface area contributed by atoms with Crippen LogP contribution >= 0.6 is 0 Å². The fourth-order valence-electron chi connectivity index (χ4n) is 1.97. The van der Waals surface area contributed by atoms with Gasteiger partial charge in [0, 0.05) is 17.2 Å². The lowest BCUT2D eigenvalue weighted by molar-refractivity contribution is -0.114. The highest BCUT2D eigenvalue weighted by atomic mass is 16.2. The Hall–Kier alpha value is -3.47. The molecule has 0 fully saturated rings. The number of carbonyl (C=O) groups excluding carboxylic acids is 1. The Labute approximate surface area is 119 Å². The van der Waals surface area contributed by atoms with Crippen LogP contribution in [0.1, 0.15) is 11.1 Å². The normalized spacial score (nSPS) is 14.4. The van der Waals surface area contributed by atoms with Gasteiger partial charge in [0.05, 0.1) is 5.70 Å². The summed E-state index contributed by atoms with van der Waals surface area (Å²) in [6.07, 6.45) is 5.45. The first kappa shape index (κ1) is 12.6. The van der Waals surface area contributed by atoms with Crippen LogP contribution in [0.3, 0.4) is 0 Å². The van der Waals surface area contributed by atoms with Gasteiger partial charge in [0.2, 0.25) is 6.19 Å². The monoisotopic (exact) mass is 279 g/mol. The molecule has 0 unspecified atom stereocenters. The Morgan fingerprint density at radius 1 is 1.38 bits per heavy atom. The van der Waals surface area contributed by atoms with Crippen molar-refractivity contribution >= 4 is 17.4 Å². The number of benzene rings is 1. The molecule has 1 aliphatic heterocycles. The third-order valence-electron chi connectivity index (χ3n) is 2.90. The third-order valence-corrected chi connectivity index (χ3v) is 2.90. The summed E-state index contributed by atoms with van der Waals surface area (Å²) >= 11 is 0. The van der Waals surface area contributed by atoms with Crippen LogP contribution in [0.4, 0.5) is 0 Å². The highest BCUT2D eigenvalue weighted by Crippen LogP contribution is 2.26. The molecule has 0 spiro atoms. The van der Waals surface area contributed by atoms with Gasteiger partial charge >= 0.3 is 0 Å². The smallest absolute Gasteiger partial charge is 0.282 e. The molecule has 0 atom stereocenters. The zero-order valence-electron chi connectivity index (χ0n) is 10.7. The van der Waals surface area contributed by atoms with Crippen molar-refractivity contribution in [2.75, 3.05) is 5.01 Å². The Morgan fingerprint density at radius 3 is 2.81 bits per heavy atom. The van der Waals surface area contributed by atoms with E-state index in [4.69, 9.17) is 11.0 Å². The number of fused-ring (bicyclic) bond motifs is 1. The maximum absolute atomic E-state index is 12.2. The molecule has 0 saturated carbocycles. The number of carbonyl (C=O) groups is 1. The summed E-state index contributed by atoms with van der Waals surface area (Å²) in [7, 11) is 0. The number of hydrogen-bond donors (Lipinski definition) is 1. The minimum absolute atomic E-state index is 0.342. The second-order valence-electron chi connectivity index (χ2n) is 4.14. The number of aromatic nitrogens is 3. The topological polar surface area (TPSA) is 113 Å². The molecule has 2 N–H and O–H groups in total. The Morgan fingerprint density at radius 2 is 2.14 bits per heavy atom. The molecule has 1 aliphatic rings. The van der Waals surface area contributed by atoms with E-state index in [1.807, 2.05) is 24.3 Å². The van der Waals surface area contributed by atoms with Crippen molar-refractivity contribution in [3.05, 3.63) is 54.1 Å². The minimum Gasteiger partial charge on any atom is -0.383 e. The van der Waals surface area contributed by atoms with Crippen molar-refractivity contribution in [3.63, 3.8) is 0 Å². The Kier molecular flexibility index (Phi) is 2.93. The number of aliphatic imine (C=N–C) groups is 1. The molecule has 2 heterocycles. The molecule has 8 nitrogen and oxygen atoms in total. The van der Waals surface area contributed by atoms with E-state index >= 15 is 0 Å². The van der Waals surface area contributed by atoms with Crippen LogP contribution in [0, 0.1) is 11.5 Å². The highest BCUT2D eigenvalue weighted by Gasteiger charge is 2.21. The quantitative estimate of drug-likeness (QED) is 0.471. The summed E-state index contributed by atoms with van der Waals surface area (Å²) < 4.78 is 0. The predicted octanol–water partition coefficient (Wildman–Crippen LogP) is -0.0162. The average Bonchev–Trinajstić information content (AvgIpc) is 3.10. The SMILES string of the molecule is N#CN(C(=O)C=C1N=C(N)c2ccccc21)n1cncn1. The first-order valence-corrected chi connectivity index (χ1v) is 5.95. The van der Waals surface area contributed by atoms with E-state index in [0.717, 1.165) is 20.9 Å². The summed E-state index contributed by atoms with van der Waals surface area (Å²) in [5.74, 6) is -0.250. The van der Waals surface area contributed by atoms with Crippen molar-refractivity contribution in [1.29, 1.82) is 5.26 Å². The van der Waals surface area contributed by atoms with Gasteiger partial charge in [-0.05, 0) is 0 Å². The second-order valence-corrected chi connectivity index (χ2v) is 4.14. The molecule has 0 aliphatic carbocycles. The summed E-state index contributed by atoms with van der Waals surface area (Å²) in [6, 6.07) is 7.29. The molecular formula is C13H9N7O. The number of rotatable bonds is 2. The molecular weight excluding hydrogens is 270 g/mol. The van der Waals surface area contributed by atoms with Gasteiger partial charge in [-0.1, -0.05) is 24.3 Å². The lowest BCUT2D eigenvalue weighted by atomic mass is 10.1. The molecule has 1 aromatic heterocycles. The van der Waals surface area contributed by atoms with Crippen molar-refractivity contribution in [3.8, 4) is 6.19 Å². The Balaban J connectivity index is 1.97. The van der Waals surface area contributed by atoms with Gasteiger partial charge in [-0.2, -0.15) is 5.26 Å². The van der Waals surface area contributed by atoms with Crippen LogP contribution in [0.25, 0.3) is 5.70 Å². The molecule has 21 heavy (non-hydrogen) atoms. The van der Waals surface area contributed by atoms with E-state index in [9.17, 15) is 4.79 Å². The molecule has 2 aromatic rings. The second kappa shape index (κ2) is 4.90. The molecule has 8 heteroatoms. The average molecular weight is 279 g/mol. The number of amides is 1. The number of nitrogens with zero attached hydrogens (tertiary/aromatic N) is 6. The summed E-state index contributed by atoms with van der Waals surface area (Å²) in [5.41, 5.74) is 7.73. The standard InChI is InChI=1S/C13H9N7O/c14-6-19(20-8-16-7-17-20)12(21)5-11-9-3-1-2-4-10(9)13(15)18-11/h1-5,7-8H,(H2,15,18). The van der Waals surface area contributed by atoms with Gasteiger partial charge in [0.25, 0.3) is 5.91 Å². The van der Waals surface area contributed by atoms with Crippen molar-refractivity contribution in [2.45, 2.75) is 0 Å². The van der Waals surface area contributed by atoms with Crippen LogP contribution in [-0.2, 0) is 4.79 Å². The van der Waals surface area contributed by atoms with E-state index in [2.05, 4.69) is 15.1 Å². The van der Waals surface area contributed by atoms with Crippen LogP contribution in [0.5, 0.6) is 0 Å². The van der Waals surface area contributed by atoms with Gasteiger partial charge in [-0.25, -0.2) is 9.98 Å². The fraction of sp³-hybridized carbons (Fsp3) is 0. The summed E-state index contributed by atoms with van der Waals surface area (Å²) in [6.45, 7) is 0. The maximum atomic E-state index is 12.2.